The van der Waals surface area contributed by atoms with Crippen LogP contribution in [0.4, 0.5) is 5.69 Å². The first-order valence-electron chi connectivity index (χ1n) is 14.1. The topological polar surface area (TPSA) is 96.0 Å². The number of carbonyl (C=O) groups excluding carboxylic acids is 2. The Morgan fingerprint density at radius 1 is 0.951 bits per heavy atom. The minimum absolute atomic E-state index is 0.0868. The van der Waals surface area contributed by atoms with Gasteiger partial charge in [0.05, 0.1) is 17.7 Å². The summed E-state index contributed by atoms with van der Waals surface area (Å²) in [5.74, 6) is 0.00365. The third-order valence-corrected chi connectivity index (χ3v) is 9.37. The molecule has 1 fully saturated rings. The quantitative estimate of drug-likeness (QED) is 0.325. The number of aryl methyl sites for hydroxylation is 1. The molecule has 2 amide bonds. The van der Waals surface area contributed by atoms with Crippen molar-refractivity contribution in [3.63, 3.8) is 0 Å². The van der Waals surface area contributed by atoms with Gasteiger partial charge in [0.1, 0.15) is 18.3 Å². The number of anilines is 1. The Bertz CT molecular complexity index is 1420. The Morgan fingerprint density at radius 2 is 1.59 bits per heavy atom. The second kappa shape index (κ2) is 13.7. The van der Waals surface area contributed by atoms with Crippen LogP contribution in [0.2, 0.25) is 0 Å². The van der Waals surface area contributed by atoms with Crippen LogP contribution < -0.4 is 14.4 Å². The third kappa shape index (κ3) is 7.27. The lowest BCUT2D eigenvalue weighted by Crippen LogP contribution is -2.53. The molecule has 0 unspecified atom stereocenters. The number of sulfonamides is 1. The molecule has 0 spiro atoms. The molecule has 41 heavy (non-hydrogen) atoms. The Labute approximate surface area is 243 Å². The molecule has 1 aliphatic rings. The van der Waals surface area contributed by atoms with Crippen LogP contribution >= 0.6 is 0 Å². The zero-order valence-electron chi connectivity index (χ0n) is 24.0. The Hall–Kier alpha value is -3.85. The monoisotopic (exact) mass is 577 g/mol. The SMILES string of the molecule is CC[C@@H](C(=O)NC1CCCC1)N(Cc1ccc(OC)cc1)C(=O)CN(c1ccccc1C)S(=O)(=O)c1ccccc1. The van der Waals surface area contributed by atoms with E-state index in [1.54, 1.807) is 49.6 Å². The summed E-state index contributed by atoms with van der Waals surface area (Å²) >= 11 is 0. The fourth-order valence-corrected chi connectivity index (χ4v) is 6.79. The van der Waals surface area contributed by atoms with Crippen molar-refractivity contribution in [2.45, 2.75) is 69.5 Å². The van der Waals surface area contributed by atoms with Crippen LogP contribution in [0.3, 0.4) is 0 Å². The number of ether oxygens (including phenoxy) is 1. The van der Waals surface area contributed by atoms with Crippen LogP contribution in [0.15, 0.2) is 83.8 Å². The number of hydrogen-bond acceptors (Lipinski definition) is 5. The number of benzene rings is 3. The number of carbonyl (C=O) groups is 2. The van der Waals surface area contributed by atoms with E-state index in [9.17, 15) is 18.0 Å². The van der Waals surface area contributed by atoms with Gasteiger partial charge >= 0.3 is 0 Å². The van der Waals surface area contributed by atoms with Gasteiger partial charge in [-0.1, -0.05) is 68.3 Å². The average Bonchev–Trinajstić information content (AvgIpc) is 3.50. The molecular weight excluding hydrogens is 538 g/mol. The van der Waals surface area contributed by atoms with Crippen molar-refractivity contribution in [1.82, 2.24) is 10.2 Å². The fraction of sp³-hybridized carbons (Fsp3) is 0.375. The van der Waals surface area contributed by atoms with Crippen LogP contribution in [-0.4, -0.2) is 50.9 Å². The Balaban J connectivity index is 1.71. The van der Waals surface area contributed by atoms with Gasteiger partial charge in [0, 0.05) is 12.6 Å². The second-order valence-electron chi connectivity index (χ2n) is 10.4. The molecule has 1 saturated carbocycles. The van der Waals surface area contributed by atoms with E-state index >= 15 is 0 Å². The van der Waals surface area contributed by atoms with Gasteiger partial charge in [0.2, 0.25) is 11.8 Å². The highest BCUT2D eigenvalue weighted by Gasteiger charge is 2.34. The number of rotatable bonds is 12. The van der Waals surface area contributed by atoms with E-state index in [2.05, 4.69) is 5.32 Å². The summed E-state index contributed by atoms with van der Waals surface area (Å²) in [7, 11) is -2.51. The average molecular weight is 578 g/mol. The number of amides is 2. The molecule has 0 aliphatic heterocycles. The van der Waals surface area contributed by atoms with E-state index in [1.807, 2.05) is 38.1 Å². The molecule has 8 nitrogen and oxygen atoms in total. The van der Waals surface area contributed by atoms with Gasteiger partial charge < -0.3 is 15.0 Å². The number of para-hydroxylation sites is 1. The lowest BCUT2D eigenvalue weighted by Gasteiger charge is -2.34. The zero-order valence-corrected chi connectivity index (χ0v) is 24.8. The lowest BCUT2D eigenvalue weighted by atomic mass is 10.1. The van der Waals surface area contributed by atoms with Crippen molar-refractivity contribution < 1.29 is 22.7 Å². The molecule has 3 aromatic carbocycles. The van der Waals surface area contributed by atoms with E-state index in [-0.39, 0.29) is 23.4 Å². The molecule has 1 atom stereocenters. The predicted octanol–water partition coefficient (Wildman–Crippen LogP) is 5.07. The summed E-state index contributed by atoms with van der Waals surface area (Å²) in [6, 6.07) is 21.8. The molecule has 0 aromatic heterocycles. The maximum absolute atomic E-state index is 14.2. The molecule has 0 saturated heterocycles. The first kappa shape index (κ1) is 30.1. The van der Waals surface area contributed by atoms with Crippen LogP contribution in [-0.2, 0) is 26.2 Å². The summed E-state index contributed by atoms with van der Waals surface area (Å²) in [6.45, 7) is 3.37. The van der Waals surface area contributed by atoms with Crippen molar-refractivity contribution in [1.29, 1.82) is 0 Å². The van der Waals surface area contributed by atoms with Crippen molar-refractivity contribution in [3.8, 4) is 5.75 Å². The van der Waals surface area contributed by atoms with E-state index in [0.717, 1.165) is 35.6 Å². The van der Waals surface area contributed by atoms with Gasteiger partial charge in [0.15, 0.2) is 0 Å². The van der Waals surface area contributed by atoms with E-state index in [4.69, 9.17) is 4.74 Å². The smallest absolute Gasteiger partial charge is 0.264 e. The minimum Gasteiger partial charge on any atom is -0.497 e. The second-order valence-corrected chi connectivity index (χ2v) is 12.3. The normalized spacial score (nSPS) is 14.3. The summed E-state index contributed by atoms with van der Waals surface area (Å²) < 4.78 is 34.3. The van der Waals surface area contributed by atoms with Gasteiger partial charge in [-0.15, -0.1) is 0 Å². The van der Waals surface area contributed by atoms with Crippen molar-refractivity contribution in [3.05, 3.63) is 90.0 Å². The highest BCUT2D eigenvalue weighted by atomic mass is 32.2. The molecule has 0 heterocycles. The first-order chi connectivity index (χ1) is 19.7. The van der Waals surface area contributed by atoms with E-state index in [1.165, 1.54) is 17.0 Å². The van der Waals surface area contributed by atoms with Crippen molar-refractivity contribution >= 4 is 27.5 Å². The molecular formula is C32H39N3O5S. The Kier molecular flexibility index (Phi) is 10.0. The van der Waals surface area contributed by atoms with Gasteiger partial charge in [-0.25, -0.2) is 8.42 Å². The number of nitrogens with zero attached hydrogens (tertiary/aromatic N) is 2. The van der Waals surface area contributed by atoms with Crippen LogP contribution in [0.25, 0.3) is 0 Å². The highest BCUT2D eigenvalue weighted by molar-refractivity contribution is 7.92. The van der Waals surface area contributed by atoms with Crippen LogP contribution in [0.1, 0.15) is 50.2 Å². The number of methoxy groups -OCH3 is 1. The highest BCUT2D eigenvalue weighted by Crippen LogP contribution is 2.28. The first-order valence-corrected chi connectivity index (χ1v) is 15.5. The van der Waals surface area contributed by atoms with Crippen molar-refractivity contribution in [2.24, 2.45) is 0 Å². The number of nitrogens with one attached hydrogen (secondary N) is 1. The maximum Gasteiger partial charge on any atom is 0.264 e. The summed E-state index contributed by atoms with van der Waals surface area (Å²) in [4.78, 5) is 29.3. The largest absolute Gasteiger partial charge is 0.497 e. The number of hydrogen-bond donors (Lipinski definition) is 1. The fourth-order valence-electron chi connectivity index (χ4n) is 5.29. The van der Waals surface area contributed by atoms with Gasteiger partial charge in [-0.05, 0) is 67.6 Å². The maximum atomic E-state index is 14.2. The molecule has 3 aromatic rings. The molecule has 4 rings (SSSR count). The molecule has 9 heteroatoms. The summed E-state index contributed by atoms with van der Waals surface area (Å²) in [5.41, 5.74) is 1.93. The van der Waals surface area contributed by atoms with E-state index < -0.39 is 28.5 Å². The minimum atomic E-state index is -4.09. The van der Waals surface area contributed by atoms with Crippen LogP contribution in [0, 0.1) is 6.92 Å². The molecule has 0 radical (unpaired) electrons. The predicted molar refractivity (Wildman–Crippen MR) is 160 cm³/mol. The zero-order chi connectivity index (χ0) is 29.4. The Morgan fingerprint density at radius 3 is 2.20 bits per heavy atom. The van der Waals surface area contributed by atoms with Gasteiger partial charge in [-0.2, -0.15) is 0 Å². The van der Waals surface area contributed by atoms with E-state index in [0.29, 0.717) is 23.4 Å². The summed E-state index contributed by atoms with van der Waals surface area (Å²) in [5, 5.41) is 3.13. The molecule has 218 valence electrons. The molecule has 1 aliphatic carbocycles. The van der Waals surface area contributed by atoms with Crippen molar-refractivity contribution in [2.75, 3.05) is 18.0 Å². The molecule has 1 N–H and O–H groups in total. The van der Waals surface area contributed by atoms with Gasteiger partial charge in [-0.3, -0.25) is 13.9 Å². The van der Waals surface area contributed by atoms with Crippen LogP contribution in [0.5, 0.6) is 5.75 Å². The lowest BCUT2D eigenvalue weighted by molar-refractivity contribution is -0.140. The standard InChI is InChI=1S/C32H39N3O5S/c1-4-29(32(37)33-26-13-9-10-14-26)34(22-25-18-20-27(40-3)21-19-25)31(36)23-35(30-17-11-8-12-24(30)2)41(38,39)28-15-6-5-7-16-28/h5-8,11-12,15-21,26,29H,4,9-10,13-14,22-23H2,1-3H3,(H,33,37)/t29-/m0/s1. The molecule has 0 bridgehead atoms. The summed E-state index contributed by atoms with van der Waals surface area (Å²) in [6.07, 6.45) is 4.37. The third-order valence-electron chi connectivity index (χ3n) is 7.59. The van der Waals surface area contributed by atoms with Gasteiger partial charge in [0.25, 0.3) is 10.0 Å².